The Balaban J connectivity index is 1.94. The van der Waals surface area contributed by atoms with Gasteiger partial charge in [0, 0.05) is 13.3 Å². The Labute approximate surface area is 149 Å². The molecule has 0 aromatic rings. The van der Waals surface area contributed by atoms with E-state index in [1.807, 2.05) is 19.1 Å². The molecule has 1 saturated heterocycles. The fraction of sp³-hybridized carbons (Fsp3) is 0.650. The maximum Gasteiger partial charge on any atom is 0.306 e. The molecule has 0 N–H and O–H groups in total. The molecule has 3 atom stereocenters. The van der Waals surface area contributed by atoms with Crippen molar-refractivity contribution in [1.82, 2.24) is 0 Å². The molecule has 0 unspecified atom stereocenters. The molecule has 25 heavy (non-hydrogen) atoms. The zero-order chi connectivity index (χ0) is 18.3. The first-order valence-electron chi connectivity index (χ1n) is 9.24. The highest BCUT2D eigenvalue weighted by Crippen LogP contribution is 2.38. The Hall–Kier alpha value is -1.91. The van der Waals surface area contributed by atoms with Crippen LogP contribution in [0, 0.1) is 5.92 Å². The van der Waals surface area contributed by atoms with E-state index in [-0.39, 0.29) is 29.7 Å². The smallest absolute Gasteiger partial charge is 0.306 e. The van der Waals surface area contributed by atoms with E-state index < -0.39 is 5.60 Å². The molecule has 1 heterocycles. The molecule has 138 valence electrons. The number of unbranched alkanes of at least 4 members (excludes halogenated alkanes) is 1. The summed E-state index contributed by atoms with van der Waals surface area (Å²) in [4.78, 5) is 35.0. The minimum absolute atomic E-state index is 0.0150. The molecule has 0 aromatic carbocycles. The second-order valence-corrected chi connectivity index (χ2v) is 6.85. The van der Waals surface area contributed by atoms with Crippen molar-refractivity contribution in [3.8, 4) is 0 Å². The standard InChI is InChI=1S/C20H28O5/c1-3-4-5-9-17-18(22)12-14-20(17,25-15(2)21)13-7-6-8-16-10-11-19(23)24-16/h4-5,12,14,16-17H,3,6-11,13H2,1-2H3/b5-4-/t16-,17-,20+/m1/s1. The summed E-state index contributed by atoms with van der Waals surface area (Å²) in [5.41, 5.74) is -0.840. The Morgan fingerprint density at radius 1 is 1.36 bits per heavy atom. The van der Waals surface area contributed by atoms with Crippen molar-refractivity contribution in [2.24, 2.45) is 5.92 Å². The van der Waals surface area contributed by atoms with E-state index in [9.17, 15) is 14.4 Å². The number of hydrogen-bond acceptors (Lipinski definition) is 5. The van der Waals surface area contributed by atoms with E-state index in [4.69, 9.17) is 9.47 Å². The van der Waals surface area contributed by atoms with Crippen LogP contribution in [0.3, 0.4) is 0 Å². The minimum atomic E-state index is -0.840. The lowest BCUT2D eigenvalue weighted by Gasteiger charge is -2.33. The molecule has 1 aliphatic carbocycles. The second-order valence-electron chi connectivity index (χ2n) is 6.85. The van der Waals surface area contributed by atoms with Gasteiger partial charge in [0.05, 0.1) is 5.92 Å². The van der Waals surface area contributed by atoms with Gasteiger partial charge in [-0.05, 0) is 57.1 Å². The molecule has 0 radical (unpaired) electrons. The Bertz CT molecular complexity index is 562. The molecule has 0 spiro atoms. The van der Waals surface area contributed by atoms with Crippen LogP contribution < -0.4 is 0 Å². The van der Waals surface area contributed by atoms with Crippen molar-refractivity contribution in [1.29, 1.82) is 0 Å². The van der Waals surface area contributed by atoms with Crippen LogP contribution in [0.2, 0.25) is 0 Å². The highest BCUT2D eigenvalue weighted by atomic mass is 16.6. The summed E-state index contributed by atoms with van der Waals surface area (Å²) in [6.07, 6.45) is 13.2. The van der Waals surface area contributed by atoms with Crippen LogP contribution in [0.4, 0.5) is 0 Å². The number of allylic oxidation sites excluding steroid dienone is 3. The lowest BCUT2D eigenvalue weighted by molar-refractivity contribution is -0.158. The van der Waals surface area contributed by atoms with Crippen molar-refractivity contribution >= 4 is 17.7 Å². The summed E-state index contributed by atoms with van der Waals surface area (Å²) in [7, 11) is 0. The number of esters is 2. The third-order valence-electron chi connectivity index (χ3n) is 4.88. The van der Waals surface area contributed by atoms with Gasteiger partial charge in [-0.1, -0.05) is 19.1 Å². The average molecular weight is 348 g/mol. The summed E-state index contributed by atoms with van der Waals surface area (Å²) >= 11 is 0. The highest BCUT2D eigenvalue weighted by Gasteiger charge is 2.46. The molecule has 0 bridgehead atoms. The molecule has 5 nitrogen and oxygen atoms in total. The molecule has 0 amide bonds. The molecule has 2 aliphatic rings. The molecule has 2 rings (SSSR count). The summed E-state index contributed by atoms with van der Waals surface area (Å²) in [5.74, 6) is -0.808. The topological polar surface area (TPSA) is 69.7 Å². The largest absolute Gasteiger partial charge is 0.462 e. The first-order chi connectivity index (χ1) is 12.0. The first-order valence-corrected chi connectivity index (χ1v) is 9.24. The number of carbonyl (C=O) groups excluding carboxylic acids is 3. The SMILES string of the molecule is CC/C=C\C[C@@H]1C(=O)C=C[C@]1(CCCC[C@@H]1CCC(=O)O1)OC(C)=O. The number of hydrogen-bond donors (Lipinski definition) is 0. The zero-order valence-corrected chi connectivity index (χ0v) is 15.2. The van der Waals surface area contributed by atoms with Gasteiger partial charge in [0.25, 0.3) is 0 Å². The second kappa shape index (κ2) is 8.97. The monoisotopic (exact) mass is 348 g/mol. The number of carbonyl (C=O) groups is 3. The third-order valence-corrected chi connectivity index (χ3v) is 4.88. The molecule has 0 saturated carbocycles. The summed E-state index contributed by atoms with van der Waals surface area (Å²) < 4.78 is 10.9. The van der Waals surface area contributed by atoms with E-state index in [1.165, 1.54) is 6.92 Å². The van der Waals surface area contributed by atoms with E-state index in [0.717, 1.165) is 32.1 Å². The Morgan fingerprint density at radius 3 is 2.80 bits per heavy atom. The van der Waals surface area contributed by atoms with Gasteiger partial charge in [0.15, 0.2) is 5.78 Å². The van der Waals surface area contributed by atoms with E-state index in [1.54, 1.807) is 12.2 Å². The highest BCUT2D eigenvalue weighted by molar-refractivity contribution is 5.96. The fourth-order valence-corrected chi connectivity index (χ4v) is 3.65. The summed E-state index contributed by atoms with van der Waals surface area (Å²) in [5, 5.41) is 0. The van der Waals surface area contributed by atoms with Crippen molar-refractivity contribution in [3.63, 3.8) is 0 Å². The number of ether oxygens (including phenoxy) is 2. The van der Waals surface area contributed by atoms with Crippen molar-refractivity contribution in [3.05, 3.63) is 24.3 Å². The third kappa shape index (κ3) is 5.28. The number of ketones is 1. The summed E-state index contributed by atoms with van der Waals surface area (Å²) in [6.45, 7) is 3.43. The summed E-state index contributed by atoms with van der Waals surface area (Å²) in [6, 6.07) is 0. The maximum atomic E-state index is 12.3. The van der Waals surface area contributed by atoms with Gasteiger partial charge in [-0.15, -0.1) is 0 Å². The molecule has 1 fully saturated rings. The minimum Gasteiger partial charge on any atom is -0.462 e. The molecule has 5 heteroatoms. The van der Waals surface area contributed by atoms with E-state index >= 15 is 0 Å². The van der Waals surface area contributed by atoms with Crippen molar-refractivity contribution in [2.75, 3.05) is 0 Å². The molecule has 1 aliphatic heterocycles. The predicted octanol–water partition coefficient (Wildman–Crippen LogP) is 3.67. The van der Waals surface area contributed by atoms with Gasteiger partial charge >= 0.3 is 11.9 Å². The lowest BCUT2D eigenvalue weighted by atomic mass is 9.82. The maximum absolute atomic E-state index is 12.3. The Kier molecular flexibility index (Phi) is 6.97. The quantitative estimate of drug-likeness (QED) is 0.361. The van der Waals surface area contributed by atoms with E-state index in [0.29, 0.717) is 19.3 Å². The van der Waals surface area contributed by atoms with Gasteiger partial charge in [0.1, 0.15) is 11.7 Å². The van der Waals surface area contributed by atoms with Crippen LogP contribution in [0.25, 0.3) is 0 Å². The van der Waals surface area contributed by atoms with Crippen molar-refractivity contribution in [2.45, 2.75) is 76.9 Å². The van der Waals surface area contributed by atoms with Crippen LogP contribution in [0.5, 0.6) is 0 Å². The van der Waals surface area contributed by atoms with Crippen LogP contribution in [0.1, 0.15) is 65.2 Å². The molecular formula is C20H28O5. The van der Waals surface area contributed by atoms with E-state index in [2.05, 4.69) is 0 Å². The fourth-order valence-electron chi connectivity index (χ4n) is 3.65. The lowest BCUT2D eigenvalue weighted by Crippen LogP contribution is -2.40. The Morgan fingerprint density at radius 2 is 2.16 bits per heavy atom. The predicted molar refractivity (Wildman–Crippen MR) is 93.8 cm³/mol. The van der Waals surface area contributed by atoms with Crippen molar-refractivity contribution < 1.29 is 23.9 Å². The van der Waals surface area contributed by atoms with Crippen LogP contribution in [0.15, 0.2) is 24.3 Å². The van der Waals surface area contributed by atoms with Gasteiger partial charge in [-0.25, -0.2) is 0 Å². The van der Waals surface area contributed by atoms with Crippen LogP contribution in [-0.2, 0) is 23.9 Å². The average Bonchev–Trinajstić information content (AvgIpc) is 3.10. The number of cyclic esters (lactones) is 1. The van der Waals surface area contributed by atoms with Crippen LogP contribution >= 0.6 is 0 Å². The molecular weight excluding hydrogens is 320 g/mol. The van der Waals surface area contributed by atoms with Gasteiger partial charge in [-0.2, -0.15) is 0 Å². The van der Waals surface area contributed by atoms with Crippen LogP contribution in [-0.4, -0.2) is 29.4 Å². The zero-order valence-electron chi connectivity index (χ0n) is 15.2. The normalized spacial score (nSPS) is 28.7. The van der Waals surface area contributed by atoms with Gasteiger partial charge < -0.3 is 9.47 Å². The molecule has 0 aromatic heterocycles. The first kappa shape index (κ1) is 19.4. The van der Waals surface area contributed by atoms with Gasteiger partial charge in [0.2, 0.25) is 0 Å². The van der Waals surface area contributed by atoms with Gasteiger partial charge in [-0.3, -0.25) is 14.4 Å². The number of rotatable bonds is 9.